The highest BCUT2D eigenvalue weighted by atomic mass is 28.5. The van der Waals surface area contributed by atoms with Crippen molar-refractivity contribution in [1.29, 1.82) is 0 Å². The summed E-state index contributed by atoms with van der Waals surface area (Å²) in [5, 5.41) is 0.189. The van der Waals surface area contributed by atoms with Crippen molar-refractivity contribution < 1.29 is 25.7 Å². The highest BCUT2D eigenvalue weighted by Gasteiger charge is 2.52. The van der Waals surface area contributed by atoms with Crippen LogP contribution in [0.2, 0.25) is 102 Å². The Morgan fingerprint density at radius 2 is 1.09 bits per heavy atom. The van der Waals surface area contributed by atoms with E-state index in [-0.39, 0.29) is 5.16 Å². The number of hydrogen-bond acceptors (Lipinski definition) is 6. The lowest BCUT2D eigenvalue weighted by atomic mass is 10.9. The normalized spacial score (nSPS) is 20.2. The van der Waals surface area contributed by atoms with Crippen molar-refractivity contribution >= 4 is 59.1 Å². The van der Waals surface area contributed by atoms with Crippen LogP contribution >= 0.6 is 0 Å². The van der Waals surface area contributed by atoms with Crippen LogP contribution in [-0.2, 0) is 25.7 Å². The Bertz CT molecular complexity index is 619. The second-order valence-corrected chi connectivity index (χ2v) is 40.4. The SMILES string of the molecule is CC[Si](C)(O[Si](C)(C)C)O[Si](C)(COC)O[Si](C)(CC([Si](C)=O)[Si](C)(C)C)O[Si](C)(C)C. The van der Waals surface area contributed by atoms with Gasteiger partial charge in [-0.3, -0.25) is 0 Å². The van der Waals surface area contributed by atoms with E-state index >= 15 is 0 Å². The van der Waals surface area contributed by atoms with Gasteiger partial charge in [-0.1, -0.05) is 26.6 Å². The minimum Gasteiger partial charge on any atom is -0.437 e. The van der Waals surface area contributed by atoms with Gasteiger partial charge in [0.25, 0.3) is 8.68 Å². The van der Waals surface area contributed by atoms with E-state index in [0.29, 0.717) is 6.23 Å². The Morgan fingerprint density at radius 3 is 1.41 bits per heavy atom. The molecule has 0 aliphatic carbocycles. The maximum Gasteiger partial charge on any atom is 0.344 e. The van der Waals surface area contributed by atoms with Crippen molar-refractivity contribution in [3.63, 3.8) is 0 Å². The Labute approximate surface area is 206 Å². The Morgan fingerprint density at radius 1 is 0.688 bits per heavy atom. The van der Waals surface area contributed by atoms with Gasteiger partial charge >= 0.3 is 25.7 Å². The third-order valence-corrected chi connectivity index (χ3v) is 31.7. The molecular formula is C19H52O6Si7. The second kappa shape index (κ2) is 11.9. The fourth-order valence-corrected chi connectivity index (χ4v) is 37.8. The van der Waals surface area contributed by atoms with Crippen molar-refractivity contribution in [3.05, 3.63) is 0 Å². The van der Waals surface area contributed by atoms with Crippen LogP contribution in [0, 0.1) is 0 Å². The lowest BCUT2D eigenvalue weighted by Crippen LogP contribution is -2.63. The molecule has 0 amide bonds. The molecule has 0 aliphatic rings. The molecule has 0 N–H and O–H groups in total. The lowest BCUT2D eigenvalue weighted by Gasteiger charge is -2.45. The highest BCUT2D eigenvalue weighted by molar-refractivity contribution is 6.93. The van der Waals surface area contributed by atoms with E-state index in [0.717, 1.165) is 12.1 Å². The zero-order valence-corrected chi connectivity index (χ0v) is 30.6. The second-order valence-electron chi connectivity index (χ2n) is 12.6. The third kappa shape index (κ3) is 12.7. The van der Waals surface area contributed by atoms with Crippen LogP contribution in [0.15, 0.2) is 0 Å². The van der Waals surface area contributed by atoms with Crippen molar-refractivity contribution in [2.24, 2.45) is 0 Å². The smallest absolute Gasteiger partial charge is 0.344 e. The first-order valence-electron chi connectivity index (χ1n) is 11.8. The summed E-state index contributed by atoms with van der Waals surface area (Å²) < 4.78 is 45.9. The molecule has 0 aromatic heterocycles. The summed E-state index contributed by atoms with van der Waals surface area (Å²) in [6, 6.07) is 1.62. The molecule has 0 fully saturated rings. The number of hydrogen-bond donors (Lipinski definition) is 0. The van der Waals surface area contributed by atoms with Crippen LogP contribution in [0.1, 0.15) is 6.92 Å². The zero-order valence-electron chi connectivity index (χ0n) is 23.6. The standard InChI is InChI=1S/C19H52O6Si7/c1-16-30(13,22-28(7,8)9)24-32(15,18-21-2)25-31(14,23-29(10,11)12)17-19(26(3)20)27(4,5)6/h19H,16-18H2,1-15H3. The summed E-state index contributed by atoms with van der Waals surface area (Å²) in [4.78, 5) is 0. The van der Waals surface area contributed by atoms with E-state index in [2.05, 4.69) is 85.5 Å². The van der Waals surface area contributed by atoms with Gasteiger partial charge < -0.3 is 25.7 Å². The highest BCUT2D eigenvalue weighted by Crippen LogP contribution is 2.37. The molecule has 0 rings (SSSR count). The average molecular weight is 573 g/mol. The summed E-state index contributed by atoms with van der Waals surface area (Å²) in [5.74, 6) is 0. The van der Waals surface area contributed by atoms with Gasteiger partial charge in [-0.25, -0.2) is 0 Å². The van der Waals surface area contributed by atoms with Crippen molar-refractivity contribution in [2.75, 3.05) is 13.3 Å². The Hall–Kier alpha value is 1.12. The molecule has 13 heteroatoms. The summed E-state index contributed by atoms with van der Waals surface area (Å²) in [6.45, 7) is 30.6. The van der Waals surface area contributed by atoms with Gasteiger partial charge in [0.2, 0.25) is 0 Å². The quantitative estimate of drug-likeness (QED) is 0.210. The first-order valence-corrected chi connectivity index (χ1v) is 31.7. The number of methoxy groups -OCH3 is 1. The van der Waals surface area contributed by atoms with E-state index < -0.39 is 59.1 Å². The number of ether oxygens (including phenoxy) is 1. The van der Waals surface area contributed by atoms with Gasteiger partial charge in [-0.15, -0.1) is 0 Å². The van der Waals surface area contributed by atoms with E-state index in [1.165, 1.54) is 0 Å². The monoisotopic (exact) mass is 572 g/mol. The molecule has 0 heterocycles. The molecule has 0 radical (unpaired) electrons. The van der Waals surface area contributed by atoms with Crippen molar-refractivity contribution in [1.82, 2.24) is 0 Å². The fourth-order valence-electron chi connectivity index (χ4n) is 4.25. The molecule has 0 aromatic rings. The van der Waals surface area contributed by atoms with E-state index in [1.807, 2.05) is 6.55 Å². The lowest BCUT2D eigenvalue weighted by molar-refractivity contribution is 0.191. The van der Waals surface area contributed by atoms with Crippen molar-refractivity contribution in [3.8, 4) is 0 Å². The summed E-state index contributed by atoms with van der Waals surface area (Å²) in [5.41, 5.74) is 0. The minimum atomic E-state index is -2.78. The average Bonchev–Trinajstić information content (AvgIpc) is 2.47. The van der Waals surface area contributed by atoms with Gasteiger partial charge in [0, 0.05) is 7.11 Å². The van der Waals surface area contributed by atoms with Crippen LogP contribution in [-0.4, -0.2) is 72.4 Å². The molecule has 0 aliphatic heterocycles. The Balaban J connectivity index is 6.23. The van der Waals surface area contributed by atoms with Gasteiger partial charge in [0.15, 0.2) is 16.6 Å². The third-order valence-electron chi connectivity index (χ3n) is 5.07. The topological polar surface area (TPSA) is 63.2 Å². The predicted molar refractivity (Wildman–Crippen MR) is 152 cm³/mol. The molecule has 4 unspecified atom stereocenters. The molecule has 4 atom stereocenters. The molecule has 0 spiro atoms. The molecule has 0 bridgehead atoms. The first kappa shape index (κ1) is 33.1. The van der Waals surface area contributed by atoms with Gasteiger partial charge in [-0.2, -0.15) is 0 Å². The molecule has 6 nitrogen and oxygen atoms in total. The van der Waals surface area contributed by atoms with Crippen LogP contribution in [0.3, 0.4) is 0 Å². The summed E-state index contributed by atoms with van der Waals surface area (Å²) in [6.07, 6.45) is 0.432. The fraction of sp³-hybridized carbons (Fsp3) is 1.00. The van der Waals surface area contributed by atoms with Crippen molar-refractivity contribution in [2.45, 2.75) is 109 Å². The molecule has 0 aromatic carbocycles. The van der Waals surface area contributed by atoms with E-state index in [1.54, 1.807) is 7.11 Å². The Kier molecular flexibility index (Phi) is 12.3. The predicted octanol–water partition coefficient (Wildman–Crippen LogP) is 6.44. The van der Waals surface area contributed by atoms with Gasteiger partial charge in [0.1, 0.15) is 0 Å². The van der Waals surface area contributed by atoms with Crippen LogP contribution < -0.4 is 0 Å². The van der Waals surface area contributed by atoms with Gasteiger partial charge in [-0.05, 0) is 82.7 Å². The summed E-state index contributed by atoms with van der Waals surface area (Å²) in [7, 11) is -13.3. The van der Waals surface area contributed by atoms with Gasteiger partial charge in [0.05, 0.1) is 14.3 Å². The largest absolute Gasteiger partial charge is 0.437 e. The van der Waals surface area contributed by atoms with Crippen LogP contribution in [0.4, 0.5) is 0 Å². The van der Waals surface area contributed by atoms with E-state index in [9.17, 15) is 4.46 Å². The van der Waals surface area contributed by atoms with Crippen LogP contribution in [0.25, 0.3) is 0 Å². The molecule has 0 saturated heterocycles. The maximum atomic E-state index is 12.8. The summed E-state index contributed by atoms with van der Waals surface area (Å²) >= 11 is 0. The zero-order chi connectivity index (χ0) is 25.8. The number of rotatable bonds is 15. The van der Waals surface area contributed by atoms with Crippen LogP contribution in [0.5, 0.6) is 0 Å². The molecule has 0 saturated carbocycles. The minimum absolute atomic E-state index is 0.189. The molecular weight excluding hydrogens is 521 g/mol. The van der Waals surface area contributed by atoms with E-state index in [4.69, 9.17) is 21.2 Å². The maximum absolute atomic E-state index is 12.8. The molecule has 32 heavy (non-hydrogen) atoms. The first-order chi connectivity index (χ1) is 14.0. The molecule has 192 valence electrons.